The van der Waals surface area contributed by atoms with Crippen LogP contribution in [0.2, 0.25) is 0 Å². The van der Waals surface area contributed by atoms with Crippen LogP contribution in [-0.4, -0.2) is 22.3 Å². The van der Waals surface area contributed by atoms with Gasteiger partial charge in [-0.05, 0) is 35.4 Å². The number of benzene rings is 3. The molecule has 0 aliphatic heterocycles. The number of hydrogen-bond donors (Lipinski definition) is 2. The first-order chi connectivity index (χ1) is 13.2. The van der Waals surface area contributed by atoms with E-state index in [0.29, 0.717) is 11.4 Å². The van der Waals surface area contributed by atoms with Crippen molar-refractivity contribution in [1.29, 1.82) is 0 Å². The normalized spacial score (nSPS) is 11.1. The van der Waals surface area contributed by atoms with Gasteiger partial charge in [-0.15, -0.1) is 0 Å². The second-order valence-electron chi connectivity index (χ2n) is 6.34. The summed E-state index contributed by atoms with van der Waals surface area (Å²) in [6, 6.07) is 23.8. The molecule has 0 bridgehead atoms. The van der Waals surface area contributed by atoms with Crippen LogP contribution in [0.5, 0.6) is 0 Å². The first-order valence-electron chi connectivity index (χ1n) is 8.64. The van der Waals surface area contributed by atoms with Crippen molar-refractivity contribution in [2.24, 2.45) is 5.10 Å². The molecule has 0 saturated heterocycles. The fourth-order valence-electron chi connectivity index (χ4n) is 2.91. The van der Waals surface area contributed by atoms with Gasteiger partial charge in [-0.1, -0.05) is 66.2 Å². The van der Waals surface area contributed by atoms with Gasteiger partial charge in [0.25, 0.3) is 5.91 Å². The van der Waals surface area contributed by atoms with Gasteiger partial charge >= 0.3 is 0 Å². The largest absolute Gasteiger partial charge is 0.289 e. The number of H-pyrrole nitrogens is 1. The summed E-state index contributed by atoms with van der Waals surface area (Å²) in [5, 5.41) is 13.3. The van der Waals surface area contributed by atoms with E-state index in [1.807, 2.05) is 55.5 Å². The summed E-state index contributed by atoms with van der Waals surface area (Å²) >= 11 is 0. The number of nitrogens with one attached hydrogen (secondary N) is 2. The third kappa shape index (κ3) is 3.77. The lowest BCUT2D eigenvalue weighted by Gasteiger charge is -2.00. The molecule has 5 heteroatoms. The number of rotatable bonds is 4. The van der Waals surface area contributed by atoms with Gasteiger partial charge in [0.1, 0.15) is 5.69 Å². The van der Waals surface area contributed by atoms with Gasteiger partial charge in [0.15, 0.2) is 0 Å². The molecule has 0 radical (unpaired) electrons. The number of aromatic nitrogens is 2. The van der Waals surface area contributed by atoms with Gasteiger partial charge in [0.2, 0.25) is 0 Å². The van der Waals surface area contributed by atoms with Crippen LogP contribution in [0.1, 0.15) is 21.6 Å². The lowest BCUT2D eigenvalue weighted by Crippen LogP contribution is -2.18. The highest BCUT2D eigenvalue weighted by atomic mass is 16.2. The van der Waals surface area contributed by atoms with E-state index in [0.717, 1.165) is 22.1 Å². The molecule has 132 valence electrons. The lowest BCUT2D eigenvalue weighted by atomic mass is 10.1. The van der Waals surface area contributed by atoms with E-state index in [9.17, 15) is 4.79 Å². The number of fused-ring (bicyclic) bond motifs is 1. The Bertz CT molecular complexity index is 1140. The molecule has 4 rings (SSSR count). The summed E-state index contributed by atoms with van der Waals surface area (Å²) in [7, 11) is 0. The summed E-state index contributed by atoms with van der Waals surface area (Å²) in [5.41, 5.74) is 6.61. The summed E-state index contributed by atoms with van der Waals surface area (Å²) < 4.78 is 0. The van der Waals surface area contributed by atoms with Gasteiger partial charge < -0.3 is 0 Å². The first-order valence-corrected chi connectivity index (χ1v) is 8.64. The Hall–Kier alpha value is -3.73. The second kappa shape index (κ2) is 7.25. The predicted octanol–water partition coefficient (Wildman–Crippen LogP) is 4.30. The van der Waals surface area contributed by atoms with Gasteiger partial charge in [-0.3, -0.25) is 9.89 Å². The smallest absolute Gasteiger partial charge is 0.272 e. The first kappa shape index (κ1) is 16.7. The fraction of sp³-hybridized carbons (Fsp3) is 0.0455. The van der Waals surface area contributed by atoms with Gasteiger partial charge in [0, 0.05) is 5.56 Å². The van der Waals surface area contributed by atoms with Crippen LogP contribution < -0.4 is 5.43 Å². The maximum absolute atomic E-state index is 12.3. The summed E-state index contributed by atoms with van der Waals surface area (Å²) in [4.78, 5) is 12.3. The van der Waals surface area contributed by atoms with Crippen molar-refractivity contribution >= 4 is 22.9 Å². The van der Waals surface area contributed by atoms with Crippen LogP contribution in [0.4, 0.5) is 0 Å². The zero-order chi connectivity index (χ0) is 18.6. The highest BCUT2D eigenvalue weighted by Crippen LogP contribution is 2.23. The molecule has 0 aliphatic carbocycles. The van der Waals surface area contributed by atoms with E-state index in [1.54, 1.807) is 12.3 Å². The van der Waals surface area contributed by atoms with Gasteiger partial charge in [-0.25, -0.2) is 5.43 Å². The number of carbonyl (C=O) groups excluding carboxylic acids is 1. The van der Waals surface area contributed by atoms with E-state index >= 15 is 0 Å². The van der Waals surface area contributed by atoms with Crippen molar-refractivity contribution in [2.75, 3.05) is 0 Å². The number of carbonyl (C=O) groups is 1. The number of hydrazone groups is 1. The Morgan fingerprint density at radius 3 is 2.70 bits per heavy atom. The van der Waals surface area contributed by atoms with E-state index in [4.69, 9.17) is 0 Å². The monoisotopic (exact) mass is 354 g/mol. The quantitative estimate of drug-likeness (QED) is 0.424. The summed E-state index contributed by atoms with van der Waals surface area (Å²) in [6.07, 6.45) is 1.62. The molecule has 2 N–H and O–H groups in total. The lowest BCUT2D eigenvalue weighted by molar-refractivity contribution is 0.0950. The molecule has 0 aliphatic rings. The summed E-state index contributed by atoms with van der Waals surface area (Å²) in [6.45, 7) is 2.01. The third-order valence-electron chi connectivity index (χ3n) is 4.29. The minimum Gasteiger partial charge on any atom is -0.272 e. The number of aromatic amines is 1. The fourth-order valence-corrected chi connectivity index (χ4v) is 2.91. The molecule has 3 aromatic carbocycles. The Morgan fingerprint density at radius 2 is 1.85 bits per heavy atom. The van der Waals surface area contributed by atoms with Crippen molar-refractivity contribution in [1.82, 2.24) is 15.6 Å². The topological polar surface area (TPSA) is 70.1 Å². The average Bonchev–Trinajstić information content (AvgIpc) is 3.18. The van der Waals surface area contributed by atoms with Crippen LogP contribution in [-0.2, 0) is 0 Å². The molecular weight excluding hydrogens is 336 g/mol. The van der Waals surface area contributed by atoms with E-state index in [-0.39, 0.29) is 5.91 Å². The molecule has 0 fully saturated rings. The van der Waals surface area contributed by atoms with Crippen LogP contribution in [0.15, 0.2) is 77.9 Å². The molecule has 0 atom stereocenters. The molecule has 4 aromatic rings. The Balaban J connectivity index is 1.48. The van der Waals surface area contributed by atoms with E-state index < -0.39 is 0 Å². The standard InChI is InChI=1S/C22H18N4O/c1-15-5-4-6-16(11-15)14-23-26-22(27)21-13-20(24-25-21)19-10-9-17-7-2-3-8-18(17)12-19/h2-14H,1H3,(H,24,25)(H,26,27)/b23-14-. The zero-order valence-corrected chi connectivity index (χ0v) is 14.8. The SMILES string of the molecule is Cc1cccc(/C=N\NC(=O)c2cc(-c3ccc4ccccc4c3)n[nH]2)c1. The van der Waals surface area contributed by atoms with Crippen LogP contribution in [0.3, 0.4) is 0 Å². The molecule has 5 nitrogen and oxygen atoms in total. The molecule has 0 unspecified atom stereocenters. The molecule has 1 amide bonds. The van der Waals surface area contributed by atoms with E-state index in [2.05, 4.69) is 38.9 Å². The van der Waals surface area contributed by atoms with E-state index in [1.165, 1.54) is 5.39 Å². The van der Waals surface area contributed by atoms with Crippen molar-refractivity contribution in [3.63, 3.8) is 0 Å². The van der Waals surface area contributed by atoms with Crippen molar-refractivity contribution in [3.8, 4) is 11.3 Å². The van der Waals surface area contributed by atoms with Crippen molar-refractivity contribution in [2.45, 2.75) is 6.92 Å². The second-order valence-corrected chi connectivity index (χ2v) is 6.34. The molecule has 0 saturated carbocycles. The predicted molar refractivity (Wildman–Crippen MR) is 108 cm³/mol. The van der Waals surface area contributed by atoms with Crippen molar-refractivity contribution in [3.05, 3.63) is 89.6 Å². The number of nitrogens with zero attached hydrogens (tertiary/aromatic N) is 2. The summed E-state index contributed by atoms with van der Waals surface area (Å²) in [5.74, 6) is -0.335. The maximum atomic E-state index is 12.3. The van der Waals surface area contributed by atoms with Gasteiger partial charge in [-0.2, -0.15) is 10.2 Å². The zero-order valence-electron chi connectivity index (χ0n) is 14.8. The molecular formula is C22H18N4O. The van der Waals surface area contributed by atoms with Crippen molar-refractivity contribution < 1.29 is 4.79 Å². The maximum Gasteiger partial charge on any atom is 0.289 e. The number of hydrogen-bond acceptors (Lipinski definition) is 3. The van der Waals surface area contributed by atoms with Crippen LogP contribution in [0.25, 0.3) is 22.0 Å². The molecule has 0 spiro atoms. The Kier molecular flexibility index (Phi) is 4.49. The van der Waals surface area contributed by atoms with Gasteiger partial charge in [0.05, 0.1) is 11.9 Å². The molecule has 27 heavy (non-hydrogen) atoms. The Labute approximate surface area is 156 Å². The minimum atomic E-state index is -0.335. The molecule has 1 aromatic heterocycles. The van der Waals surface area contributed by atoms with Crippen LogP contribution in [0, 0.1) is 6.92 Å². The highest BCUT2D eigenvalue weighted by Gasteiger charge is 2.10. The minimum absolute atomic E-state index is 0.335. The highest BCUT2D eigenvalue weighted by molar-refractivity contribution is 5.94. The number of aryl methyl sites for hydroxylation is 1. The number of amides is 1. The average molecular weight is 354 g/mol. The molecule has 1 heterocycles. The third-order valence-corrected chi connectivity index (χ3v) is 4.29. The Morgan fingerprint density at radius 1 is 1.00 bits per heavy atom. The van der Waals surface area contributed by atoms with Crippen LogP contribution >= 0.6 is 0 Å².